The minimum absolute atomic E-state index is 0.0472. The van der Waals surface area contributed by atoms with E-state index >= 15 is 0 Å². The molecule has 1 saturated heterocycles. The van der Waals surface area contributed by atoms with Crippen LogP contribution >= 0.6 is 0 Å². The molecule has 2 heterocycles. The zero-order chi connectivity index (χ0) is 31.1. The molecule has 0 unspecified atom stereocenters. The Hall–Kier alpha value is -4.91. The van der Waals surface area contributed by atoms with E-state index in [0.29, 0.717) is 41.7 Å². The van der Waals surface area contributed by atoms with Crippen LogP contribution in [-0.2, 0) is 14.8 Å². The Morgan fingerprint density at radius 2 is 1.40 bits per heavy atom. The molecule has 3 aromatic carbocycles. The maximum atomic E-state index is 13.6. The number of hydrogen-bond acceptors (Lipinski definition) is 6. The number of aliphatic carboxylic acids is 1. The Balaban J connectivity index is 0.000000996. The lowest BCUT2D eigenvalue weighted by atomic mass is 10.2. The smallest absolute Gasteiger partial charge is 0.300 e. The second-order valence-corrected chi connectivity index (χ2v) is 11.3. The van der Waals surface area contributed by atoms with Crippen LogP contribution in [-0.4, -0.2) is 72.3 Å². The van der Waals surface area contributed by atoms with Gasteiger partial charge in [0.25, 0.3) is 27.8 Å². The summed E-state index contributed by atoms with van der Waals surface area (Å²) in [6.45, 7) is 2.35. The fourth-order valence-corrected chi connectivity index (χ4v) is 5.74. The molecule has 0 bridgehead atoms. The van der Waals surface area contributed by atoms with E-state index in [1.165, 1.54) is 47.5 Å². The largest absolute Gasteiger partial charge is 0.481 e. The van der Waals surface area contributed by atoms with Crippen molar-refractivity contribution in [3.63, 3.8) is 0 Å². The van der Waals surface area contributed by atoms with E-state index in [1.807, 2.05) is 0 Å². The molecule has 1 aliphatic rings. The number of halogens is 2. The van der Waals surface area contributed by atoms with Crippen LogP contribution < -0.4 is 4.72 Å². The molecule has 2 amide bonds. The van der Waals surface area contributed by atoms with Crippen molar-refractivity contribution in [2.24, 2.45) is 0 Å². The van der Waals surface area contributed by atoms with Crippen LogP contribution in [0, 0.1) is 11.6 Å². The highest BCUT2D eigenvalue weighted by atomic mass is 32.2. The maximum absolute atomic E-state index is 13.6. The molecule has 224 valence electrons. The van der Waals surface area contributed by atoms with Gasteiger partial charge in [-0.25, -0.2) is 17.2 Å². The number of nitrogens with zero attached hydrogens (tertiary/aromatic N) is 3. The van der Waals surface area contributed by atoms with Crippen molar-refractivity contribution >= 4 is 44.4 Å². The summed E-state index contributed by atoms with van der Waals surface area (Å²) in [7, 11) is -3.93. The molecule has 0 aliphatic carbocycles. The number of carbonyl (C=O) groups is 3. The van der Waals surface area contributed by atoms with Crippen molar-refractivity contribution in [2.45, 2.75) is 18.2 Å². The molecular formula is C30H28F2N4O6S. The first-order valence-corrected chi connectivity index (χ1v) is 14.6. The summed E-state index contributed by atoms with van der Waals surface area (Å²) in [5.41, 5.74) is 1.06. The molecule has 13 heteroatoms. The number of sulfonamides is 1. The molecule has 0 atom stereocenters. The number of pyridine rings is 1. The summed E-state index contributed by atoms with van der Waals surface area (Å²) >= 11 is 0. The lowest BCUT2D eigenvalue weighted by molar-refractivity contribution is -0.134. The van der Waals surface area contributed by atoms with Crippen molar-refractivity contribution < 1.29 is 36.7 Å². The maximum Gasteiger partial charge on any atom is 0.300 e. The van der Waals surface area contributed by atoms with Gasteiger partial charge in [-0.05, 0) is 61.0 Å². The number of aromatic nitrogens is 1. The first kappa shape index (κ1) is 31.0. The van der Waals surface area contributed by atoms with Gasteiger partial charge in [0.2, 0.25) is 0 Å². The number of anilines is 1. The van der Waals surface area contributed by atoms with Gasteiger partial charge in [0.15, 0.2) is 11.6 Å². The van der Waals surface area contributed by atoms with Crippen molar-refractivity contribution in [3.05, 3.63) is 102 Å². The monoisotopic (exact) mass is 610 g/mol. The molecule has 43 heavy (non-hydrogen) atoms. The Bertz CT molecular complexity index is 1760. The van der Waals surface area contributed by atoms with Crippen LogP contribution in [0.2, 0.25) is 0 Å². The molecule has 5 rings (SSSR count). The number of para-hydroxylation sites is 1. The molecule has 0 radical (unpaired) electrons. The van der Waals surface area contributed by atoms with Crippen LogP contribution in [0.4, 0.5) is 14.5 Å². The van der Waals surface area contributed by atoms with Crippen molar-refractivity contribution in [1.29, 1.82) is 0 Å². The highest BCUT2D eigenvalue weighted by molar-refractivity contribution is 7.93. The second kappa shape index (κ2) is 13.4. The van der Waals surface area contributed by atoms with E-state index in [2.05, 4.69) is 9.71 Å². The van der Waals surface area contributed by atoms with Crippen molar-refractivity contribution in [2.75, 3.05) is 30.9 Å². The number of rotatable bonds is 5. The van der Waals surface area contributed by atoms with Gasteiger partial charge in [0, 0.05) is 61.5 Å². The lowest BCUT2D eigenvalue weighted by Crippen LogP contribution is -2.37. The molecule has 1 aromatic heterocycles. The predicted molar refractivity (Wildman–Crippen MR) is 155 cm³/mol. The van der Waals surface area contributed by atoms with E-state index in [-0.39, 0.29) is 29.5 Å². The summed E-state index contributed by atoms with van der Waals surface area (Å²) in [6, 6.07) is 17.5. The molecule has 4 aromatic rings. The molecule has 0 spiro atoms. The van der Waals surface area contributed by atoms with Gasteiger partial charge >= 0.3 is 0 Å². The summed E-state index contributed by atoms with van der Waals surface area (Å²) in [5.74, 6) is -3.64. The highest BCUT2D eigenvalue weighted by Gasteiger charge is 2.25. The third kappa shape index (κ3) is 7.68. The second-order valence-electron chi connectivity index (χ2n) is 9.60. The number of carbonyl (C=O) groups excluding carboxylic acids is 2. The normalized spacial score (nSPS) is 13.5. The van der Waals surface area contributed by atoms with E-state index in [1.54, 1.807) is 29.2 Å². The average Bonchev–Trinajstić information content (AvgIpc) is 3.24. The minimum atomic E-state index is -3.93. The van der Waals surface area contributed by atoms with Gasteiger partial charge in [0.05, 0.1) is 5.52 Å². The molecule has 2 N–H and O–H groups in total. The van der Waals surface area contributed by atoms with Gasteiger partial charge in [-0.2, -0.15) is 0 Å². The van der Waals surface area contributed by atoms with Crippen LogP contribution in [0.1, 0.15) is 34.1 Å². The number of hydrogen-bond donors (Lipinski definition) is 2. The van der Waals surface area contributed by atoms with Crippen molar-refractivity contribution in [3.8, 4) is 0 Å². The lowest BCUT2D eigenvalue weighted by Gasteiger charge is -2.22. The third-order valence-electron chi connectivity index (χ3n) is 6.51. The minimum Gasteiger partial charge on any atom is -0.481 e. The number of benzene rings is 3. The molecule has 0 saturated carbocycles. The number of carboxylic acid groups (broad SMARTS) is 1. The van der Waals surface area contributed by atoms with Gasteiger partial charge in [0.1, 0.15) is 4.90 Å². The van der Waals surface area contributed by atoms with Gasteiger partial charge in [-0.3, -0.25) is 24.1 Å². The summed E-state index contributed by atoms with van der Waals surface area (Å²) in [6.07, 6.45) is 2.04. The predicted octanol–water partition coefficient (Wildman–Crippen LogP) is 4.39. The Morgan fingerprint density at radius 1 is 0.814 bits per heavy atom. The van der Waals surface area contributed by atoms with E-state index in [9.17, 15) is 26.8 Å². The topological polar surface area (TPSA) is 137 Å². The number of amides is 2. The van der Waals surface area contributed by atoms with Gasteiger partial charge < -0.3 is 14.9 Å². The van der Waals surface area contributed by atoms with E-state index < -0.39 is 33.5 Å². The zero-order valence-electron chi connectivity index (χ0n) is 23.0. The highest BCUT2D eigenvalue weighted by Crippen LogP contribution is 2.24. The molecule has 1 fully saturated rings. The fourth-order valence-electron chi connectivity index (χ4n) is 4.50. The standard InChI is InChI=1S/C28H24F2N4O4S.C2H4O2/c29-23-12-9-21(18-24(23)30)28(36)34-15-3-14-33(16-17-34)27(35)20-7-10-22(11-8-20)32-39(37,38)25-6-1-4-19-5-2-13-31-26(19)25;1-2(3)4/h1-2,4-13,18,32H,3,14-17H2;1H3,(H,3,4). The molecule has 10 nitrogen and oxygen atoms in total. The van der Waals surface area contributed by atoms with Crippen LogP contribution in [0.15, 0.2) is 83.9 Å². The number of nitrogens with one attached hydrogen (secondary N) is 1. The van der Waals surface area contributed by atoms with Crippen molar-refractivity contribution in [1.82, 2.24) is 14.8 Å². The van der Waals surface area contributed by atoms with E-state index in [4.69, 9.17) is 9.90 Å². The van der Waals surface area contributed by atoms with Crippen LogP contribution in [0.25, 0.3) is 10.9 Å². The average molecular weight is 611 g/mol. The molecule has 1 aliphatic heterocycles. The van der Waals surface area contributed by atoms with E-state index in [0.717, 1.165) is 19.1 Å². The summed E-state index contributed by atoms with van der Waals surface area (Å²) in [5, 5.41) is 8.11. The molecular weight excluding hydrogens is 582 g/mol. The fraction of sp³-hybridized carbons (Fsp3) is 0.200. The number of carboxylic acids is 1. The quantitative estimate of drug-likeness (QED) is 0.342. The Kier molecular flexibility index (Phi) is 9.66. The zero-order valence-corrected chi connectivity index (χ0v) is 23.9. The Morgan fingerprint density at radius 3 is 2.02 bits per heavy atom. The van der Waals surface area contributed by atoms with Crippen LogP contribution in [0.5, 0.6) is 0 Å². The third-order valence-corrected chi connectivity index (χ3v) is 7.92. The van der Waals surface area contributed by atoms with Gasteiger partial charge in [-0.15, -0.1) is 0 Å². The van der Waals surface area contributed by atoms with Crippen LogP contribution in [0.3, 0.4) is 0 Å². The first-order valence-electron chi connectivity index (χ1n) is 13.2. The van der Waals surface area contributed by atoms with Gasteiger partial charge in [-0.1, -0.05) is 18.2 Å². The first-order chi connectivity index (χ1) is 20.5. The summed E-state index contributed by atoms with van der Waals surface area (Å²) < 4.78 is 55.4. The summed E-state index contributed by atoms with van der Waals surface area (Å²) in [4.78, 5) is 42.3. The SMILES string of the molecule is CC(=O)O.O=C(c1ccc(NS(=O)(=O)c2cccc3cccnc23)cc1)N1CCCN(C(=O)c2ccc(F)c(F)c2)CC1. The Labute approximate surface area is 246 Å². The number of fused-ring (bicyclic) bond motifs is 1.